The summed E-state index contributed by atoms with van der Waals surface area (Å²) < 4.78 is 26.8. The van der Waals surface area contributed by atoms with Gasteiger partial charge in [0.1, 0.15) is 4.21 Å². The molecule has 0 atom stereocenters. The van der Waals surface area contributed by atoms with Crippen LogP contribution >= 0.6 is 11.3 Å². The lowest BCUT2D eigenvalue weighted by atomic mass is 10.2. The van der Waals surface area contributed by atoms with Gasteiger partial charge >= 0.3 is 0 Å². The maximum absolute atomic E-state index is 12.5. The molecule has 0 saturated carbocycles. The summed E-state index contributed by atoms with van der Waals surface area (Å²) in [6, 6.07) is 1.57. The standard InChI is InChI=1S/C13H22N2O3S2/c1-11(2)8-14-3-5-15(6-4-14)20(17,18)13-7-12(9-16)10-19-13/h7,10-11,16H,3-6,8-9H2,1-2H3. The summed E-state index contributed by atoms with van der Waals surface area (Å²) in [5, 5.41) is 10.7. The Morgan fingerprint density at radius 1 is 1.30 bits per heavy atom. The first-order valence-corrected chi connectivity index (χ1v) is 9.16. The van der Waals surface area contributed by atoms with E-state index in [0.717, 1.165) is 19.6 Å². The van der Waals surface area contributed by atoms with Crippen LogP contribution < -0.4 is 0 Å². The van der Waals surface area contributed by atoms with E-state index in [9.17, 15) is 8.42 Å². The number of aliphatic hydroxyl groups is 1. The number of hydrogen-bond acceptors (Lipinski definition) is 5. The molecule has 1 aliphatic rings. The monoisotopic (exact) mass is 318 g/mol. The molecule has 7 heteroatoms. The van der Waals surface area contributed by atoms with Gasteiger partial charge in [0.15, 0.2) is 0 Å². The second-order valence-electron chi connectivity index (χ2n) is 5.53. The Balaban J connectivity index is 2.02. The van der Waals surface area contributed by atoms with E-state index < -0.39 is 10.0 Å². The van der Waals surface area contributed by atoms with E-state index in [1.807, 2.05) is 0 Å². The normalized spacial score (nSPS) is 18.8. The molecule has 0 bridgehead atoms. The zero-order chi connectivity index (χ0) is 14.8. The Labute approximate surface area is 124 Å². The zero-order valence-electron chi connectivity index (χ0n) is 11.9. The van der Waals surface area contributed by atoms with Crippen molar-refractivity contribution in [1.29, 1.82) is 0 Å². The Kier molecular flexibility index (Phi) is 5.19. The average Bonchev–Trinajstić information content (AvgIpc) is 2.88. The first-order valence-electron chi connectivity index (χ1n) is 6.84. The predicted octanol–water partition coefficient (Wildman–Crippen LogP) is 1.20. The number of aliphatic hydroxyl groups excluding tert-OH is 1. The van der Waals surface area contributed by atoms with Crippen LogP contribution in [-0.4, -0.2) is 55.5 Å². The van der Waals surface area contributed by atoms with Crippen LogP contribution in [0.4, 0.5) is 0 Å². The van der Waals surface area contributed by atoms with Crippen LogP contribution in [0, 0.1) is 5.92 Å². The summed E-state index contributed by atoms with van der Waals surface area (Å²) in [6.45, 7) is 7.90. The van der Waals surface area contributed by atoms with Crippen LogP contribution in [0.25, 0.3) is 0 Å². The summed E-state index contributed by atoms with van der Waals surface area (Å²) in [6.07, 6.45) is 0. The summed E-state index contributed by atoms with van der Waals surface area (Å²) in [5.41, 5.74) is 0.659. The molecule has 0 radical (unpaired) electrons. The van der Waals surface area contributed by atoms with Gasteiger partial charge in [-0.05, 0) is 22.9 Å². The largest absolute Gasteiger partial charge is 0.392 e. The molecule has 0 amide bonds. The summed E-state index contributed by atoms with van der Waals surface area (Å²) >= 11 is 1.18. The van der Waals surface area contributed by atoms with Gasteiger partial charge in [0.2, 0.25) is 0 Å². The van der Waals surface area contributed by atoms with Gasteiger partial charge in [-0.2, -0.15) is 4.31 Å². The molecular weight excluding hydrogens is 296 g/mol. The van der Waals surface area contributed by atoms with Crippen molar-refractivity contribution in [3.05, 3.63) is 17.0 Å². The number of rotatable bonds is 5. The van der Waals surface area contributed by atoms with Gasteiger partial charge in [0.05, 0.1) is 6.61 Å². The molecule has 0 aromatic carbocycles. The first-order chi connectivity index (χ1) is 9.43. The minimum atomic E-state index is -3.39. The Hall–Kier alpha value is -0.470. The molecule has 20 heavy (non-hydrogen) atoms. The molecule has 1 aromatic rings. The third-order valence-electron chi connectivity index (χ3n) is 3.36. The lowest BCUT2D eigenvalue weighted by Crippen LogP contribution is -2.49. The topological polar surface area (TPSA) is 60.9 Å². The van der Waals surface area contributed by atoms with Gasteiger partial charge in [0.25, 0.3) is 10.0 Å². The SMILES string of the molecule is CC(C)CN1CCN(S(=O)(=O)c2cc(CO)cs2)CC1. The zero-order valence-corrected chi connectivity index (χ0v) is 13.6. The molecule has 0 aliphatic carbocycles. The highest BCUT2D eigenvalue weighted by Crippen LogP contribution is 2.25. The summed E-state index contributed by atoms with van der Waals surface area (Å²) in [5.74, 6) is 0.600. The third kappa shape index (κ3) is 3.59. The highest BCUT2D eigenvalue weighted by atomic mass is 32.2. The molecule has 1 fully saturated rings. The van der Waals surface area contributed by atoms with Gasteiger partial charge in [-0.3, -0.25) is 0 Å². The van der Waals surface area contributed by atoms with Crippen molar-refractivity contribution in [2.75, 3.05) is 32.7 Å². The van der Waals surface area contributed by atoms with Crippen LogP contribution in [0.2, 0.25) is 0 Å². The van der Waals surface area contributed by atoms with Crippen molar-refractivity contribution in [3.8, 4) is 0 Å². The quantitative estimate of drug-likeness (QED) is 0.886. The maximum atomic E-state index is 12.5. The third-order valence-corrected chi connectivity index (χ3v) is 6.72. The molecule has 1 aliphatic heterocycles. The van der Waals surface area contributed by atoms with E-state index in [-0.39, 0.29) is 6.61 Å². The fourth-order valence-corrected chi connectivity index (χ4v) is 5.14. The van der Waals surface area contributed by atoms with Crippen LogP contribution in [-0.2, 0) is 16.6 Å². The molecular formula is C13H22N2O3S2. The number of sulfonamides is 1. The van der Waals surface area contributed by atoms with Crippen molar-refractivity contribution >= 4 is 21.4 Å². The second kappa shape index (κ2) is 6.53. The average molecular weight is 318 g/mol. The molecule has 1 N–H and O–H groups in total. The van der Waals surface area contributed by atoms with Gasteiger partial charge in [-0.25, -0.2) is 8.42 Å². The minimum Gasteiger partial charge on any atom is -0.392 e. The first kappa shape index (κ1) is 15.9. The lowest BCUT2D eigenvalue weighted by molar-refractivity contribution is 0.172. The van der Waals surface area contributed by atoms with Gasteiger partial charge in [-0.15, -0.1) is 11.3 Å². The van der Waals surface area contributed by atoms with Crippen molar-refractivity contribution in [3.63, 3.8) is 0 Å². The van der Waals surface area contributed by atoms with Crippen molar-refractivity contribution in [2.24, 2.45) is 5.92 Å². The Bertz CT molecular complexity index is 532. The van der Waals surface area contributed by atoms with Crippen molar-refractivity contribution in [1.82, 2.24) is 9.21 Å². The summed E-state index contributed by atoms with van der Waals surface area (Å²) in [7, 11) is -3.39. The number of thiophene rings is 1. The van der Waals surface area contributed by atoms with Gasteiger partial charge in [-0.1, -0.05) is 13.8 Å². The molecule has 2 heterocycles. The van der Waals surface area contributed by atoms with Crippen LogP contribution in [0.1, 0.15) is 19.4 Å². The molecule has 114 valence electrons. The van der Waals surface area contributed by atoms with E-state index >= 15 is 0 Å². The molecule has 0 unspecified atom stereocenters. The van der Waals surface area contributed by atoms with E-state index in [4.69, 9.17) is 5.11 Å². The van der Waals surface area contributed by atoms with Gasteiger partial charge in [0, 0.05) is 32.7 Å². The molecule has 1 aromatic heterocycles. The predicted molar refractivity (Wildman–Crippen MR) is 80.3 cm³/mol. The highest BCUT2D eigenvalue weighted by molar-refractivity contribution is 7.91. The molecule has 2 rings (SSSR count). The maximum Gasteiger partial charge on any atom is 0.252 e. The number of piperazine rings is 1. The fourth-order valence-electron chi connectivity index (χ4n) is 2.37. The molecule has 1 saturated heterocycles. The minimum absolute atomic E-state index is 0.117. The highest BCUT2D eigenvalue weighted by Gasteiger charge is 2.29. The van der Waals surface area contributed by atoms with Crippen LogP contribution in [0.3, 0.4) is 0 Å². The number of hydrogen-bond donors (Lipinski definition) is 1. The van der Waals surface area contributed by atoms with E-state index in [1.165, 1.54) is 11.3 Å². The van der Waals surface area contributed by atoms with E-state index in [1.54, 1.807) is 15.8 Å². The second-order valence-corrected chi connectivity index (χ2v) is 8.61. The Morgan fingerprint density at radius 2 is 1.95 bits per heavy atom. The van der Waals surface area contributed by atoms with E-state index in [2.05, 4.69) is 18.7 Å². The molecule has 0 spiro atoms. The van der Waals surface area contributed by atoms with Crippen LogP contribution in [0.5, 0.6) is 0 Å². The fraction of sp³-hybridized carbons (Fsp3) is 0.692. The summed E-state index contributed by atoms with van der Waals surface area (Å²) in [4.78, 5) is 2.31. The molecule has 5 nitrogen and oxygen atoms in total. The van der Waals surface area contributed by atoms with Crippen molar-refractivity contribution < 1.29 is 13.5 Å². The van der Waals surface area contributed by atoms with E-state index in [0.29, 0.717) is 28.8 Å². The van der Waals surface area contributed by atoms with Crippen LogP contribution in [0.15, 0.2) is 15.7 Å². The van der Waals surface area contributed by atoms with Gasteiger partial charge < -0.3 is 10.0 Å². The lowest BCUT2D eigenvalue weighted by Gasteiger charge is -2.34. The smallest absolute Gasteiger partial charge is 0.252 e. The number of nitrogens with zero attached hydrogens (tertiary/aromatic N) is 2. The Morgan fingerprint density at radius 3 is 2.45 bits per heavy atom. The van der Waals surface area contributed by atoms with Crippen molar-refractivity contribution in [2.45, 2.75) is 24.7 Å².